The lowest BCUT2D eigenvalue weighted by Crippen LogP contribution is -2.30. The van der Waals surface area contributed by atoms with Gasteiger partial charge in [-0.15, -0.1) is 0 Å². The molecule has 132 valence electrons. The standard InChI is InChI=1S/C16H13ClF3N3O2/c1-25-23-9-22-15(24)13(10-5-3-2-4-6-10)14-12(17)7-11(8-21-14)16(18,19)20/h2-9,13H,1H3,(H,22,23,24)/t13-/m0/s1. The summed E-state index contributed by atoms with van der Waals surface area (Å²) in [6, 6.07) is 9.16. The highest BCUT2D eigenvalue weighted by molar-refractivity contribution is 6.31. The van der Waals surface area contributed by atoms with Crippen molar-refractivity contribution in [3.63, 3.8) is 0 Å². The molecule has 0 saturated heterocycles. The largest absolute Gasteiger partial charge is 0.417 e. The van der Waals surface area contributed by atoms with Gasteiger partial charge >= 0.3 is 6.18 Å². The van der Waals surface area contributed by atoms with Crippen LogP contribution in [-0.4, -0.2) is 24.3 Å². The average Bonchev–Trinajstić information content (AvgIpc) is 2.57. The molecule has 0 bridgehead atoms. The minimum Gasteiger partial charge on any atom is -0.398 e. The van der Waals surface area contributed by atoms with Crippen molar-refractivity contribution in [1.82, 2.24) is 10.3 Å². The van der Waals surface area contributed by atoms with Gasteiger partial charge in [-0.05, 0) is 11.6 Å². The Morgan fingerprint density at radius 1 is 1.36 bits per heavy atom. The molecule has 0 spiro atoms. The molecule has 0 unspecified atom stereocenters. The molecule has 1 aromatic carbocycles. The van der Waals surface area contributed by atoms with E-state index >= 15 is 0 Å². The van der Waals surface area contributed by atoms with Gasteiger partial charge in [-0.2, -0.15) is 13.2 Å². The second-order valence-corrected chi connectivity index (χ2v) is 5.27. The Morgan fingerprint density at radius 3 is 2.60 bits per heavy atom. The number of benzene rings is 1. The van der Waals surface area contributed by atoms with E-state index in [1.165, 1.54) is 7.11 Å². The highest BCUT2D eigenvalue weighted by atomic mass is 35.5. The van der Waals surface area contributed by atoms with Gasteiger partial charge in [0.15, 0.2) is 0 Å². The molecule has 0 aliphatic heterocycles. The van der Waals surface area contributed by atoms with E-state index in [0.29, 0.717) is 11.8 Å². The van der Waals surface area contributed by atoms with Gasteiger partial charge in [0.05, 0.1) is 16.3 Å². The Bertz CT molecular complexity index is 767. The van der Waals surface area contributed by atoms with E-state index in [9.17, 15) is 18.0 Å². The average molecular weight is 372 g/mol. The van der Waals surface area contributed by atoms with Crippen molar-refractivity contribution >= 4 is 23.8 Å². The van der Waals surface area contributed by atoms with Crippen molar-refractivity contribution in [2.24, 2.45) is 5.16 Å². The molecule has 1 heterocycles. The number of oxime groups is 1. The first kappa shape index (κ1) is 18.7. The summed E-state index contributed by atoms with van der Waals surface area (Å²) < 4.78 is 38.3. The smallest absolute Gasteiger partial charge is 0.398 e. The molecule has 1 amide bonds. The topological polar surface area (TPSA) is 63.6 Å². The van der Waals surface area contributed by atoms with Crippen molar-refractivity contribution in [1.29, 1.82) is 0 Å². The third-order valence-electron chi connectivity index (χ3n) is 3.23. The van der Waals surface area contributed by atoms with Crippen molar-refractivity contribution in [3.05, 3.63) is 64.4 Å². The molecule has 5 nitrogen and oxygen atoms in total. The van der Waals surface area contributed by atoms with Crippen LogP contribution in [0.25, 0.3) is 0 Å². The first-order chi connectivity index (χ1) is 11.8. The predicted octanol–water partition coefficient (Wildman–Crippen LogP) is 3.59. The fourth-order valence-corrected chi connectivity index (χ4v) is 2.40. The van der Waals surface area contributed by atoms with Gasteiger partial charge in [0.25, 0.3) is 0 Å². The maximum absolute atomic E-state index is 12.8. The van der Waals surface area contributed by atoms with Gasteiger partial charge in [0.1, 0.15) is 19.4 Å². The van der Waals surface area contributed by atoms with E-state index in [1.54, 1.807) is 30.3 Å². The summed E-state index contributed by atoms with van der Waals surface area (Å²) in [4.78, 5) is 20.7. The van der Waals surface area contributed by atoms with E-state index in [-0.39, 0.29) is 10.7 Å². The molecule has 1 N–H and O–H groups in total. The SMILES string of the molecule is CO/N=C\NC(=O)[C@@H](c1ccccc1)c1ncc(C(F)(F)F)cc1Cl. The predicted molar refractivity (Wildman–Crippen MR) is 86.2 cm³/mol. The Kier molecular flexibility index (Phi) is 5.97. The molecule has 0 fully saturated rings. The number of nitrogens with zero attached hydrogens (tertiary/aromatic N) is 2. The number of rotatable bonds is 5. The second kappa shape index (κ2) is 7.98. The van der Waals surface area contributed by atoms with E-state index in [2.05, 4.69) is 20.3 Å². The van der Waals surface area contributed by atoms with Crippen LogP contribution in [0.2, 0.25) is 5.02 Å². The zero-order valence-electron chi connectivity index (χ0n) is 12.9. The molecule has 2 aromatic rings. The summed E-state index contributed by atoms with van der Waals surface area (Å²) in [6.07, 6.45) is -2.91. The second-order valence-electron chi connectivity index (χ2n) is 4.86. The highest BCUT2D eigenvalue weighted by Crippen LogP contribution is 2.34. The number of alkyl halides is 3. The quantitative estimate of drug-likeness (QED) is 0.496. The zero-order valence-corrected chi connectivity index (χ0v) is 13.7. The maximum Gasteiger partial charge on any atom is 0.417 e. The first-order valence-electron chi connectivity index (χ1n) is 6.97. The van der Waals surface area contributed by atoms with Crippen LogP contribution < -0.4 is 5.32 Å². The van der Waals surface area contributed by atoms with E-state index in [4.69, 9.17) is 11.6 Å². The molecular formula is C16H13ClF3N3O2. The van der Waals surface area contributed by atoms with E-state index in [0.717, 1.165) is 12.4 Å². The first-order valence-corrected chi connectivity index (χ1v) is 7.35. The lowest BCUT2D eigenvalue weighted by Gasteiger charge is -2.17. The van der Waals surface area contributed by atoms with Crippen molar-refractivity contribution < 1.29 is 22.8 Å². The van der Waals surface area contributed by atoms with Crippen LogP contribution >= 0.6 is 11.6 Å². The highest BCUT2D eigenvalue weighted by Gasteiger charge is 2.33. The van der Waals surface area contributed by atoms with Crippen LogP contribution in [0.4, 0.5) is 13.2 Å². The minimum atomic E-state index is -4.58. The van der Waals surface area contributed by atoms with Crippen LogP contribution in [0.5, 0.6) is 0 Å². The van der Waals surface area contributed by atoms with Gasteiger partial charge in [0, 0.05) is 6.20 Å². The molecule has 0 aliphatic rings. The van der Waals surface area contributed by atoms with Crippen molar-refractivity contribution in [2.75, 3.05) is 7.11 Å². The lowest BCUT2D eigenvalue weighted by atomic mass is 9.94. The maximum atomic E-state index is 12.8. The summed E-state index contributed by atoms with van der Waals surface area (Å²) in [5.74, 6) is -1.58. The van der Waals surface area contributed by atoms with Gasteiger partial charge in [-0.1, -0.05) is 47.1 Å². The number of hydrogen-bond acceptors (Lipinski definition) is 4. The summed E-state index contributed by atoms with van der Waals surface area (Å²) in [7, 11) is 1.30. The van der Waals surface area contributed by atoms with Crippen LogP contribution in [0.15, 0.2) is 47.8 Å². The molecule has 1 aromatic heterocycles. The number of carbonyl (C=O) groups is 1. The fraction of sp³-hybridized carbons (Fsp3) is 0.188. The Morgan fingerprint density at radius 2 is 2.04 bits per heavy atom. The molecule has 0 aliphatic carbocycles. The molecular weight excluding hydrogens is 359 g/mol. The minimum absolute atomic E-state index is 0.00387. The van der Waals surface area contributed by atoms with Crippen molar-refractivity contribution in [2.45, 2.75) is 12.1 Å². The monoisotopic (exact) mass is 371 g/mol. The van der Waals surface area contributed by atoms with Crippen LogP contribution in [-0.2, 0) is 15.8 Å². The van der Waals surface area contributed by atoms with Gasteiger partial charge in [0.2, 0.25) is 5.91 Å². The molecule has 1 atom stereocenters. The zero-order chi connectivity index (χ0) is 18.4. The number of nitrogens with one attached hydrogen (secondary N) is 1. The summed E-state index contributed by atoms with van der Waals surface area (Å²) in [6.45, 7) is 0. The number of amides is 1. The number of carbonyl (C=O) groups excluding carboxylic acids is 1. The summed E-state index contributed by atoms with van der Waals surface area (Å²) in [5.41, 5.74) is -0.474. The number of pyridine rings is 1. The van der Waals surface area contributed by atoms with Crippen LogP contribution in [0.3, 0.4) is 0 Å². The fourth-order valence-electron chi connectivity index (χ4n) is 2.12. The van der Waals surface area contributed by atoms with Gasteiger partial charge in [-0.3, -0.25) is 9.78 Å². The van der Waals surface area contributed by atoms with Crippen LogP contribution in [0, 0.1) is 0 Å². The lowest BCUT2D eigenvalue weighted by molar-refractivity contribution is -0.137. The number of aromatic nitrogens is 1. The molecule has 0 radical (unpaired) electrons. The van der Waals surface area contributed by atoms with Crippen molar-refractivity contribution in [3.8, 4) is 0 Å². The van der Waals surface area contributed by atoms with E-state index in [1.807, 2.05) is 0 Å². The molecule has 25 heavy (non-hydrogen) atoms. The Hall–Kier alpha value is -2.61. The Balaban J connectivity index is 2.46. The normalized spacial score (nSPS) is 12.8. The molecule has 9 heteroatoms. The van der Waals surface area contributed by atoms with Crippen LogP contribution in [0.1, 0.15) is 22.7 Å². The number of halogens is 4. The summed E-state index contributed by atoms with van der Waals surface area (Å²) in [5, 5.41) is 5.51. The molecule has 2 rings (SSSR count). The van der Waals surface area contributed by atoms with Gasteiger partial charge < -0.3 is 10.2 Å². The number of hydrogen-bond donors (Lipinski definition) is 1. The Labute approximate surface area is 146 Å². The molecule has 0 saturated carbocycles. The third kappa shape index (κ3) is 4.69. The van der Waals surface area contributed by atoms with Gasteiger partial charge in [-0.25, -0.2) is 0 Å². The third-order valence-corrected chi connectivity index (χ3v) is 3.53. The van der Waals surface area contributed by atoms with E-state index < -0.39 is 23.6 Å². The summed E-state index contributed by atoms with van der Waals surface area (Å²) >= 11 is 5.98.